The number of aromatic hydroxyl groups is 2. The van der Waals surface area contributed by atoms with Crippen LogP contribution in [0.1, 0.15) is 131 Å². The Bertz CT molecular complexity index is 5620. The molecule has 0 radical (unpaired) electrons. The standard InChI is InChI=1S/C77H82N11O24P3/c1-86(2)46-20-24-52-61(37-46)109-62-38-47(87(3)4)21-25-53(62)69(52)50-23-19-44(36-56(50)77(98)99)75(95)83-40-58-60(90)29-27-55-70(49-15-9-10-16-51(49)76(96)97)54-26-28-59(89)57(71(54)110-72(55)58)39-82-66(94)31-30-65(93)80-34-12-6-7-17-63(91)79-33-11-5-8-18-64(92)81-35-13-14-45-41-88(74-68(45)73(78)84-43-85-74)67-32-22-48(108-67)42-107-114(103,104)112-115(105,106)111-113(100,101)102/h9-10,15-16,19-21,23-29,36-38,41,43,48,67H,5-8,11-12,17-18,22,30-35,39-40,42H2,1-4H3,(H13-2,78,79,80,81,82,83,84,85,89,90,91,92,93,94,95,96,97,98,99,100,101,102,103,104,105,106)/p+2. The Hall–Kier alpha value is -11.5. The summed E-state index contributed by atoms with van der Waals surface area (Å²) in [6.45, 7) is -0.713. The molecule has 10 aromatic rings. The summed E-state index contributed by atoms with van der Waals surface area (Å²) in [5.74, 6) is 0.622. The maximum atomic E-state index is 14.3. The van der Waals surface area contributed by atoms with Gasteiger partial charge in [-0.3, -0.25) is 28.5 Å². The predicted octanol–water partition coefficient (Wildman–Crippen LogP) is 10.5. The maximum absolute atomic E-state index is 14.3. The van der Waals surface area contributed by atoms with Crippen LogP contribution in [0, 0.1) is 11.8 Å². The number of fused-ring (bicyclic) bond motifs is 5. The van der Waals surface area contributed by atoms with Gasteiger partial charge in [0.15, 0.2) is 0 Å². The Morgan fingerprint density at radius 1 is 0.600 bits per heavy atom. The summed E-state index contributed by atoms with van der Waals surface area (Å²) in [5, 5.41) is 60.6. The molecule has 604 valence electrons. The molecule has 35 nitrogen and oxygen atoms in total. The number of benzene rings is 6. The summed E-state index contributed by atoms with van der Waals surface area (Å²) in [6.07, 6.45) is 5.40. The Labute approximate surface area is 656 Å². The number of rotatable bonds is 35. The Morgan fingerprint density at radius 2 is 1.15 bits per heavy atom. The first-order valence-electron chi connectivity index (χ1n) is 36.3. The first kappa shape index (κ1) is 84.4. The van der Waals surface area contributed by atoms with E-state index in [1.54, 1.807) is 35.0 Å². The molecule has 1 aliphatic heterocycles. The third kappa shape index (κ3) is 21.1. The number of carbonyl (C=O) groups is 7. The van der Waals surface area contributed by atoms with Crippen molar-refractivity contribution in [2.45, 2.75) is 102 Å². The second-order valence-corrected chi connectivity index (χ2v) is 31.8. The lowest BCUT2D eigenvalue weighted by Gasteiger charge is -2.19. The second-order valence-electron chi connectivity index (χ2n) is 27.3. The van der Waals surface area contributed by atoms with Gasteiger partial charge in [0, 0.05) is 101 Å². The number of hydrogen-bond acceptors (Lipinski definition) is 21. The van der Waals surface area contributed by atoms with Gasteiger partial charge >= 0.3 is 57.7 Å². The average Bonchev–Trinajstić information content (AvgIpc) is 1.48. The number of nitrogens with two attached hydrogens (primary N) is 1. The van der Waals surface area contributed by atoms with Crippen LogP contribution in [0.2, 0.25) is 0 Å². The van der Waals surface area contributed by atoms with Crippen molar-refractivity contribution in [2.24, 2.45) is 0 Å². The highest BCUT2D eigenvalue weighted by Gasteiger charge is 2.42. The second kappa shape index (κ2) is 36.8. The average molecular weight is 1640 g/mol. The quantitative estimate of drug-likeness (QED) is 0.00577. The van der Waals surface area contributed by atoms with Crippen molar-refractivity contribution in [3.63, 3.8) is 0 Å². The number of phenols is 2. The number of amides is 5. The van der Waals surface area contributed by atoms with Crippen LogP contribution in [-0.4, -0.2) is 157 Å². The SMILES string of the molecule is CN(C)c1ccc2c(-c3ccc(C(=O)NCc4c(O)ccc5c(-c6ccccc6C(=O)O)c6ccc(O)c(CNC(=O)CCC(=O)NCCCCCC(=O)NCCCCCC(=O)NCC#Cc7cn(C8CCC(COP(=O)(O)OP(=O)(O)OP(=O)(O)O)O8)c8ncnc(N)c78)c6[o+]c45)cc3C(=O)O)c3ccc(N(C)C)cc3[o+]c2c1. The normalized spacial score (nSPS) is 14.5. The Kier molecular flexibility index (Phi) is 27.0. The lowest BCUT2D eigenvalue weighted by Crippen LogP contribution is -2.28. The van der Waals surface area contributed by atoms with Crippen molar-refractivity contribution >= 4 is 137 Å². The van der Waals surface area contributed by atoms with Crippen LogP contribution in [0.5, 0.6) is 11.5 Å². The molecule has 1 saturated heterocycles. The van der Waals surface area contributed by atoms with E-state index < -0.39 is 78.6 Å². The summed E-state index contributed by atoms with van der Waals surface area (Å²) in [7, 11) is -9.09. The van der Waals surface area contributed by atoms with Crippen molar-refractivity contribution in [3.8, 4) is 45.6 Å². The van der Waals surface area contributed by atoms with Crippen LogP contribution < -0.4 is 42.1 Å². The van der Waals surface area contributed by atoms with Crippen LogP contribution in [0.15, 0.2) is 124 Å². The highest BCUT2D eigenvalue weighted by Crippen LogP contribution is 2.66. The molecular formula is C77H84N11O24P3+2. The number of nitrogens with one attached hydrogen (secondary N) is 5. The number of aromatic carboxylic acids is 2. The maximum Gasteiger partial charge on any atom is 0.490 e. The Balaban J connectivity index is 0.628. The number of carboxylic acid groups (broad SMARTS) is 2. The van der Waals surface area contributed by atoms with Gasteiger partial charge in [-0.2, -0.15) is 8.62 Å². The molecule has 5 amide bonds. The van der Waals surface area contributed by atoms with E-state index in [1.807, 2.05) is 74.4 Å². The van der Waals surface area contributed by atoms with Crippen LogP contribution in [0.3, 0.4) is 0 Å². The number of phosphoric ester groups is 1. The molecule has 4 unspecified atom stereocenters. The molecule has 0 spiro atoms. The molecule has 1 aliphatic rings. The van der Waals surface area contributed by atoms with Crippen LogP contribution >= 0.6 is 23.5 Å². The lowest BCUT2D eigenvalue weighted by molar-refractivity contribution is -0.126. The number of carbonyl (C=O) groups excluding carboxylic acids is 5. The van der Waals surface area contributed by atoms with E-state index in [-0.39, 0.29) is 125 Å². The van der Waals surface area contributed by atoms with E-state index in [1.165, 1.54) is 48.8 Å². The zero-order valence-corrected chi connectivity index (χ0v) is 65.3. The van der Waals surface area contributed by atoms with Crippen molar-refractivity contribution < 1.29 is 114 Å². The van der Waals surface area contributed by atoms with E-state index in [0.717, 1.165) is 11.4 Å². The summed E-state index contributed by atoms with van der Waals surface area (Å²) < 4.78 is 67.7. The van der Waals surface area contributed by atoms with Crippen molar-refractivity contribution in [2.75, 3.05) is 70.0 Å². The molecule has 15 N–H and O–H groups in total. The number of unbranched alkanes of at least 4 members (excludes halogenated alkanes) is 4. The first-order chi connectivity index (χ1) is 54.7. The molecule has 115 heavy (non-hydrogen) atoms. The third-order valence-electron chi connectivity index (χ3n) is 18.9. The van der Waals surface area contributed by atoms with Gasteiger partial charge in [-0.05, 0) is 116 Å². The van der Waals surface area contributed by atoms with Crippen LogP contribution in [0.4, 0.5) is 17.2 Å². The van der Waals surface area contributed by atoms with Crippen molar-refractivity contribution in [1.82, 2.24) is 41.1 Å². The fraction of sp³-hybridized carbons (Fsp3) is 0.312. The molecule has 0 saturated carbocycles. The van der Waals surface area contributed by atoms with E-state index >= 15 is 0 Å². The molecule has 6 aromatic carbocycles. The minimum Gasteiger partial charge on any atom is -0.507 e. The number of ether oxygens (including phenoxy) is 1. The highest BCUT2D eigenvalue weighted by atomic mass is 31.3. The zero-order chi connectivity index (χ0) is 82.6. The number of phosphoric acid groups is 3. The summed E-state index contributed by atoms with van der Waals surface area (Å²) in [6, 6.07) is 27.5. The molecule has 0 bridgehead atoms. The summed E-state index contributed by atoms with van der Waals surface area (Å²) >= 11 is 0. The number of aromatic nitrogens is 3. The predicted molar refractivity (Wildman–Crippen MR) is 423 cm³/mol. The van der Waals surface area contributed by atoms with Gasteiger partial charge in [-0.15, -0.1) is 0 Å². The number of phenolic OH excluding ortho intramolecular Hbond substituents is 2. The minimum atomic E-state index is -5.71. The Morgan fingerprint density at radius 3 is 1.74 bits per heavy atom. The number of carboxylic acids is 2. The van der Waals surface area contributed by atoms with Gasteiger partial charge in [0.1, 0.15) is 46.6 Å². The third-order valence-corrected chi connectivity index (χ3v) is 22.7. The van der Waals surface area contributed by atoms with Crippen molar-refractivity contribution in [3.05, 3.63) is 149 Å². The van der Waals surface area contributed by atoms with Gasteiger partial charge < -0.3 is 91.4 Å². The fourth-order valence-electron chi connectivity index (χ4n) is 13.3. The molecule has 5 heterocycles. The number of hydrogen-bond donors (Lipinski definition) is 14. The lowest BCUT2D eigenvalue weighted by atomic mass is 9.91. The van der Waals surface area contributed by atoms with E-state index in [9.17, 15) is 77.5 Å². The molecule has 38 heteroatoms. The number of anilines is 3. The smallest absolute Gasteiger partial charge is 0.490 e. The summed E-state index contributed by atoms with van der Waals surface area (Å²) in [5.41, 5.74) is 10.8. The van der Waals surface area contributed by atoms with E-state index in [0.29, 0.717) is 117 Å². The summed E-state index contributed by atoms with van der Waals surface area (Å²) in [4.78, 5) is 141. The van der Waals surface area contributed by atoms with Crippen LogP contribution in [-0.2, 0) is 63.8 Å². The topological polar surface area (TPSA) is 515 Å². The monoisotopic (exact) mass is 1640 g/mol. The zero-order valence-electron chi connectivity index (χ0n) is 62.6. The van der Waals surface area contributed by atoms with Crippen LogP contribution in [0.25, 0.3) is 77.2 Å². The molecule has 11 rings (SSSR count). The number of nitrogen functional groups attached to an aromatic ring is 1. The number of nitrogens with zero attached hydrogens (tertiary/aromatic N) is 5. The fourth-order valence-corrected chi connectivity index (χ4v) is 16.3. The van der Waals surface area contributed by atoms with Gasteiger partial charge in [-0.1, -0.05) is 48.9 Å². The highest BCUT2D eigenvalue weighted by molar-refractivity contribution is 7.66. The molecule has 0 aliphatic carbocycles. The van der Waals surface area contributed by atoms with E-state index in [4.69, 9.17) is 33.6 Å². The van der Waals surface area contributed by atoms with Gasteiger partial charge in [0.05, 0.1) is 88.1 Å². The van der Waals surface area contributed by atoms with Crippen molar-refractivity contribution in [1.29, 1.82) is 0 Å². The largest absolute Gasteiger partial charge is 0.507 e. The van der Waals surface area contributed by atoms with Gasteiger partial charge in [0.25, 0.3) is 5.91 Å². The minimum absolute atomic E-state index is 0.0138. The molecule has 1 fully saturated rings. The van der Waals surface area contributed by atoms with Gasteiger partial charge in [0.2, 0.25) is 23.6 Å². The van der Waals surface area contributed by atoms with Gasteiger partial charge in [-0.25, -0.2) is 42.1 Å². The first-order valence-corrected chi connectivity index (χ1v) is 40.8. The van der Waals surface area contributed by atoms with E-state index in [2.05, 4.69) is 57.0 Å². The molecule has 4 atom stereocenters. The molecule has 4 aromatic heterocycles. The molecular weight excluding hydrogens is 1560 g/mol.